The molecule has 4 nitrogen and oxygen atoms in total. The Labute approximate surface area is 109 Å². The van der Waals surface area contributed by atoms with Gasteiger partial charge in [-0.15, -0.1) is 0 Å². The van der Waals surface area contributed by atoms with E-state index in [9.17, 15) is 4.79 Å². The van der Waals surface area contributed by atoms with E-state index >= 15 is 0 Å². The molecule has 4 heteroatoms. The minimum atomic E-state index is 0.205. The zero-order chi connectivity index (χ0) is 12.5. The van der Waals surface area contributed by atoms with Crippen molar-refractivity contribution in [3.8, 4) is 0 Å². The highest BCUT2D eigenvalue weighted by molar-refractivity contribution is 5.79. The summed E-state index contributed by atoms with van der Waals surface area (Å²) in [4.78, 5) is 14.5. The Balaban J connectivity index is 1.59. The molecule has 3 fully saturated rings. The summed E-state index contributed by atoms with van der Waals surface area (Å²) in [5.41, 5.74) is 0. The average molecular weight is 252 g/mol. The zero-order valence-corrected chi connectivity index (χ0v) is 11.2. The van der Waals surface area contributed by atoms with Crippen LogP contribution in [0.1, 0.15) is 38.5 Å². The van der Waals surface area contributed by atoms with Gasteiger partial charge in [-0.1, -0.05) is 0 Å². The third-order valence-corrected chi connectivity index (χ3v) is 4.91. The van der Waals surface area contributed by atoms with Crippen molar-refractivity contribution in [1.29, 1.82) is 0 Å². The molecule has 0 saturated carbocycles. The third kappa shape index (κ3) is 2.41. The molecule has 2 bridgehead atoms. The van der Waals surface area contributed by atoms with Crippen LogP contribution in [0.4, 0.5) is 0 Å². The van der Waals surface area contributed by atoms with Crippen LogP contribution in [-0.4, -0.2) is 49.2 Å². The van der Waals surface area contributed by atoms with Gasteiger partial charge >= 0.3 is 0 Å². The normalized spacial score (nSPS) is 36.6. The van der Waals surface area contributed by atoms with Crippen LogP contribution in [0.5, 0.6) is 0 Å². The maximum atomic E-state index is 12.5. The van der Waals surface area contributed by atoms with Crippen LogP contribution in [0.15, 0.2) is 0 Å². The van der Waals surface area contributed by atoms with Crippen LogP contribution in [-0.2, 0) is 9.53 Å². The Hall–Kier alpha value is -0.610. The van der Waals surface area contributed by atoms with E-state index < -0.39 is 0 Å². The van der Waals surface area contributed by atoms with Crippen LogP contribution < -0.4 is 5.32 Å². The number of rotatable bonds is 2. The molecular formula is C14H24N2O2. The summed E-state index contributed by atoms with van der Waals surface area (Å²) in [6, 6.07) is 1.76. The lowest BCUT2D eigenvalue weighted by Crippen LogP contribution is -2.50. The van der Waals surface area contributed by atoms with Gasteiger partial charge in [-0.25, -0.2) is 0 Å². The van der Waals surface area contributed by atoms with Gasteiger partial charge in [0.15, 0.2) is 0 Å². The van der Waals surface area contributed by atoms with Crippen molar-refractivity contribution in [2.75, 3.05) is 20.3 Å². The topological polar surface area (TPSA) is 41.6 Å². The SMILES string of the molecule is CN(C(=O)C1CCOCC1)C1CC2CCC(C1)N2. The highest BCUT2D eigenvalue weighted by atomic mass is 16.5. The number of hydrogen-bond acceptors (Lipinski definition) is 3. The lowest BCUT2D eigenvalue weighted by molar-refractivity contribution is -0.140. The molecule has 1 amide bonds. The molecule has 0 spiro atoms. The maximum Gasteiger partial charge on any atom is 0.225 e. The molecular weight excluding hydrogens is 228 g/mol. The summed E-state index contributed by atoms with van der Waals surface area (Å²) in [6.07, 6.45) is 6.67. The predicted octanol–water partition coefficient (Wildman–Crippen LogP) is 1.15. The Morgan fingerprint density at radius 3 is 2.33 bits per heavy atom. The number of piperidine rings is 1. The Kier molecular flexibility index (Phi) is 3.57. The van der Waals surface area contributed by atoms with Gasteiger partial charge in [-0.2, -0.15) is 0 Å². The minimum absolute atomic E-state index is 0.205. The smallest absolute Gasteiger partial charge is 0.225 e. The van der Waals surface area contributed by atoms with E-state index in [0.29, 0.717) is 24.0 Å². The second kappa shape index (κ2) is 5.17. The molecule has 0 aromatic rings. The van der Waals surface area contributed by atoms with Crippen molar-refractivity contribution in [1.82, 2.24) is 10.2 Å². The standard InChI is InChI=1S/C14H24N2O2/c1-16(14(17)10-4-6-18-7-5-10)13-8-11-2-3-12(9-13)15-11/h10-13,15H,2-9H2,1H3. The van der Waals surface area contributed by atoms with Crippen LogP contribution in [0.3, 0.4) is 0 Å². The summed E-state index contributed by atoms with van der Waals surface area (Å²) in [5.74, 6) is 0.556. The number of hydrogen-bond donors (Lipinski definition) is 1. The molecule has 1 N–H and O–H groups in total. The summed E-state index contributed by atoms with van der Waals surface area (Å²) in [7, 11) is 2.01. The van der Waals surface area contributed by atoms with Gasteiger partial charge in [0.25, 0.3) is 0 Å². The number of nitrogens with one attached hydrogen (secondary N) is 1. The first-order valence-electron chi connectivity index (χ1n) is 7.34. The molecule has 3 rings (SSSR count). The van der Waals surface area contributed by atoms with Gasteiger partial charge in [0.05, 0.1) is 0 Å². The van der Waals surface area contributed by atoms with Crippen LogP contribution in [0, 0.1) is 5.92 Å². The third-order valence-electron chi connectivity index (χ3n) is 4.91. The first kappa shape index (κ1) is 12.4. The molecule has 18 heavy (non-hydrogen) atoms. The number of ether oxygens (including phenoxy) is 1. The van der Waals surface area contributed by atoms with Gasteiger partial charge in [0, 0.05) is 44.3 Å². The molecule has 3 aliphatic rings. The van der Waals surface area contributed by atoms with Crippen LogP contribution in [0.25, 0.3) is 0 Å². The molecule has 3 aliphatic heterocycles. The van der Waals surface area contributed by atoms with Gasteiger partial charge < -0.3 is 15.0 Å². The van der Waals surface area contributed by atoms with Crippen molar-refractivity contribution < 1.29 is 9.53 Å². The zero-order valence-electron chi connectivity index (χ0n) is 11.2. The van der Waals surface area contributed by atoms with E-state index in [2.05, 4.69) is 5.32 Å². The number of carbonyl (C=O) groups excluding carboxylic acids is 1. The molecule has 2 atom stereocenters. The van der Waals surface area contributed by atoms with Gasteiger partial charge in [-0.3, -0.25) is 4.79 Å². The summed E-state index contributed by atoms with van der Waals surface area (Å²) in [5, 5.41) is 3.64. The molecule has 2 unspecified atom stereocenters. The second-order valence-electron chi connectivity index (χ2n) is 6.10. The van der Waals surface area contributed by atoms with E-state index in [1.54, 1.807) is 0 Å². The molecule has 0 aliphatic carbocycles. The lowest BCUT2D eigenvalue weighted by Gasteiger charge is -2.37. The fraction of sp³-hybridized carbons (Fsp3) is 0.929. The molecule has 0 aromatic carbocycles. The first-order valence-corrected chi connectivity index (χ1v) is 7.34. The van der Waals surface area contributed by atoms with Gasteiger partial charge in [-0.05, 0) is 38.5 Å². The quantitative estimate of drug-likeness (QED) is 0.801. The fourth-order valence-corrected chi connectivity index (χ4v) is 3.76. The second-order valence-corrected chi connectivity index (χ2v) is 6.10. The Bertz CT molecular complexity index is 303. The van der Waals surface area contributed by atoms with E-state index in [-0.39, 0.29) is 5.92 Å². The molecule has 3 saturated heterocycles. The van der Waals surface area contributed by atoms with Gasteiger partial charge in [0.1, 0.15) is 0 Å². The molecule has 102 valence electrons. The van der Waals surface area contributed by atoms with Crippen LogP contribution in [0.2, 0.25) is 0 Å². The number of fused-ring (bicyclic) bond motifs is 2. The Morgan fingerprint density at radius 2 is 1.72 bits per heavy atom. The van der Waals surface area contributed by atoms with Crippen molar-refractivity contribution in [2.45, 2.75) is 56.7 Å². The largest absolute Gasteiger partial charge is 0.381 e. The summed E-state index contributed by atoms with van der Waals surface area (Å²) < 4.78 is 5.34. The highest BCUT2D eigenvalue weighted by Crippen LogP contribution is 2.30. The van der Waals surface area contributed by atoms with Crippen molar-refractivity contribution in [3.63, 3.8) is 0 Å². The fourth-order valence-electron chi connectivity index (χ4n) is 3.76. The minimum Gasteiger partial charge on any atom is -0.381 e. The van der Waals surface area contributed by atoms with E-state index in [0.717, 1.165) is 38.9 Å². The predicted molar refractivity (Wildman–Crippen MR) is 69.3 cm³/mol. The number of amides is 1. The average Bonchev–Trinajstić information content (AvgIpc) is 2.77. The maximum absolute atomic E-state index is 12.5. The summed E-state index contributed by atoms with van der Waals surface area (Å²) in [6.45, 7) is 1.50. The first-order chi connectivity index (χ1) is 8.74. The van der Waals surface area contributed by atoms with Crippen LogP contribution >= 0.6 is 0 Å². The van der Waals surface area contributed by atoms with E-state index in [1.165, 1.54) is 12.8 Å². The summed E-state index contributed by atoms with van der Waals surface area (Å²) >= 11 is 0. The number of nitrogens with zero attached hydrogens (tertiary/aromatic N) is 1. The highest BCUT2D eigenvalue weighted by Gasteiger charge is 2.37. The van der Waals surface area contributed by atoms with E-state index in [4.69, 9.17) is 4.74 Å². The van der Waals surface area contributed by atoms with Crippen molar-refractivity contribution in [2.24, 2.45) is 5.92 Å². The van der Waals surface area contributed by atoms with Crippen molar-refractivity contribution in [3.05, 3.63) is 0 Å². The van der Waals surface area contributed by atoms with Crippen molar-refractivity contribution >= 4 is 5.91 Å². The molecule has 3 heterocycles. The van der Waals surface area contributed by atoms with E-state index in [1.807, 2.05) is 11.9 Å². The monoisotopic (exact) mass is 252 g/mol. The molecule has 0 aromatic heterocycles. The number of carbonyl (C=O) groups is 1. The molecule has 0 radical (unpaired) electrons. The lowest BCUT2D eigenvalue weighted by atomic mass is 9.94. The Morgan fingerprint density at radius 1 is 1.11 bits per heavy atom. The van der Waals surface area contributed by atoms with Gasteiger partial charge in [0.2, 0.25) is 5.91 Å².